The lowest BCUT2D eigenvalue weighted by Gasteiger charge is -2.16. The molecule has 2 heterocycles. The first-order valence-corrected chi connectivity index (χ1v) is 11.8. The molecule has 3 rings (SSSR count). The fourth-order valence-corrected chi connectivity index (χ4v) is 3.89. The maximum Gasteiger partial charge on any atom is 0.414 e. The number of amides is 1. The van der Waals surface area contributed by atoms with Gasteiger partial charge in [0.2, 0.25) is 0 Å². The molecule has 1 saturated heterocycles. The normalized spacial score (nSPS) is 15.2. The van der Waals surface area contributed by atoms with E-state index in [2.05, 4.69) is 18.1 Å². The zero-order chi connectivity index (χ0) is 26.5. The number of hydrogen-bond donors (Lipinski definition) is 1. The Balaban J connectivity index is 1.97. The van der Waals surface area contributed by atoms with Crippen LogP contribution in [0.5, 0.6) is 0 Å². The summed E-state index contributed by atoms with van der Waals surface area (Å²) in [7, 11) is 1.54. The van der Waals surface area contributed by atoms with Crippen LogP contribution < -0.4 is 10.5 Å². The van der Waals surface area contributed by atoms with Crippen molar-refractivity contribution < 1.29 is 23.0 Å². The van der Waals surface area contributed by atoms with Crippen molar-refractivity contribution in [2.24, 2.45) is 0 Å². The molecule has 2 atom stereocenters. The Morgan fingerprint density at radius 3 is 2.67 bits per heavy atom. The van der Waals surface area contributed by atoms with Gasteiger partial charge in [0.25, 0.3) is 11.2 Å². The highest BCUT2D eigenvalue weighted by Crippen LogP contribution is 2.40. The Morgan fingerprint density at radius 2 is 1.97 bits per heavy atom. The third-order valence-corrected chi connectivity index (χ3v) is 5.78. The summed E-state index contributed by atoms with van der Waals surface area (Å²) in [6, 6.07) is 12.7. The fraction of sp³-hybridized carbons (Fsp3) is 0.259. The van der Waals surface area contributed by atoms with E-state index in [1.54, 1.807) is 62.4 Å². The van der Waals surface area contributed by atoms with E-state index in [1.807, 2.05) is 0 Å². The Bertz CT molecular complexity index is 1290. The van der Waals surface area contributed by atoms with Crippen LogP contribution in [0.3, 0.4) is 0 Å². The molecule has 1 N–H and O–H groups in total. The van der Waals surface area contributed by atoms with Crippen LogP contribution in [-0.4, -0.2) is 30.3 Å². The average molecular weight is 515 g/mol. The molecule has 36 heavy (non-hydrogen) atoms. The standard InChI is InChI=1S/C27H29F2N2O4P/c1-5-8-19(4)34-16-21-15-31(26(33)35-21)20-9-6-7-10-24(30-25(32)18(3)14-20)22-12-11-17(2)13-23(22)27(28,29)36/h5-7,9-14,21H,1,4,8,15-16,36H2,2-3H3,(H,30,32). The Kier molecular flexibility index (Phi) is 8.64. The van der Waals surface area contributed by atoms with Gasteiger partial charge in [0.15, 0.2) is 6.10 Å². The van der Waals surface area contributed by atoms with Crippen LogP contribution in [0, 0.1) is 13.8 Å². The van der Waals surface area contributed by atoms with Crippen LogP contribution in [0.4, 0.5) is 19.3 Å². The quantitative estimate of drug-likeness (QED) is 0.261. The summed E-state index contributed by atoms with van der Waals surface area (Å²) in [6.45, 7) is 11.1. The Labute approximate surface area is 211 Å². The van der Waals surface area contributed by atoms with Crippen molar-refractivity contribution in [1.82, 2.24) is 4.98 Å². The molecule has 0 saturated carbocycles. The number of benzene rings is 1. The highest BCUT2D eigenvalue weighted by molar-refractivity contribution is 7.17. The lowest BCUT2D eigenvalue weighted by Crippen LogP contribution is -2.26. The number of ether oxygens (including phenoxy) is 2. The van der Waals surface area contributed by atoms with Gasteiger partial charge in [-0.2, -0.15) is 8.78 Å². The molecule has 0 spiro atoms. The van der Waals surface area contributed by atoms with Crippen LogP contribution in [0.15, 0.2) is 78.3 Å². The van der Waals surface area contributed by atoms with Gasteiger partial charge in [0, 0.05) is 34.5 Å². The number of H-pyrrole nitrogens is 1. The molecular weight excluding hydrogens is 485 g/mol. The number of hydrogen-bond acceptors (Lipinski definition) is 4. The predicted molar refractivity (Wildman–Crippen MR) is 141 cm³/mol. The van der Waals surface area contributed by atoms with Gasteiger partial charge in [0.1, 0.15) is 6.61 Å². The van der Waals surface area contributed by atoms with Gasteiger partial charge >= 0.3 is 6.09 Å². The number of anilines is 1. The van der Waals surface area contributed by atoms with Crippen molar-refractivity contribution >= 4 is 21.0 Å². The second-order valence-corrected chi connectivity index (χ2v) is 9.19. The smallest absolute Gasteiger partial charge is 0.414 e. The minimum absolute atomic E-state index is 0.145. The van der Waals surface area contributed by atoms with Gasteiger partial charge in [-0.3, -0.25) is 9.69 Å². The van der Waals surface area contributed by atoms with Crippen molar-refractivity contribution in [3.8, 4) is 11.3 Å². The van der Waals surface area contributed by atoms with Crippen LogP contribution in [-0.2, 0) is 15.1 Å². The largest absolute Gasteiger partial charge is 0.494 e. The molecule has 190 valence electrons. The van der Waals surface area contributed by atoms with E-state index < -0.39 is 23.4 Å². The number of cyclic esters (lactones) is 1. The van der Waals surface area contributed by atoms with E-state index in [0.717, 1.165) is 0 Å². The molecular formula is C27H29F2N2O4P. The van der Waals surface area contributed by atoms with E-state index in [1.165, 1.54) is 20.2 Å². The molecule has 9 heteroatoms. The lowest BCUT2D eigenvalue weighted by atomic mass is 10.0. The van der Waals surface area contributed by atoms with Crippen LogP contribution in [0.2, 0.25) is 0 Å². The third kappa shape index (κ3) is 6.79. The molecule has 1 fully saturated rings. The Hall–Kier alpha value is -3.51. The zero-order valence-corrected chi connectivity index (χ0v) is 21.4. The first-order chi connectivity index (χ1) is 17.0. The van der Waals surface area contributed by atoms with Crippen LogP contribution in [0.1, 0.15) is 23.1 Å². The fourth-order valence-electron chi connectivity index (χ4n) is 3.65. The topological polar surface area (TPSA) is 71.6 Å². The summed E-state index contributed by atoms with van der Waals surface area (Å²) in [4.78, 5) is 29.6. The number of aryl methyl sites for hydroxylation is 2. The highest BCUT2D eigenvalue weighted by atomic mass is 31.0. The third-order valence-electron chi connectivity index (χ3n) is 5.47. The molecule has 0 aliphatic carbocycles. The van der Waals surface area contributed by atoms with Crippen molar-refractivity contribution in [2.75, 3.05) is 18.1 Å². The number of aromatic nitrogens is 1. The number of nitrogens with zero attached hydrogens (tertiary/aromatic N) is 1. The number of nitrogens with one attached hydrogen (secondary N) is 1. The second kappa shape index (κ2) is 11.5. The summed E-state index contributed by atoms with van der Waals surface area (Å²) in [5, 5.41) is 0. The van der Waals surface area contributed by atoms with E-state index in [4.69, 9.17) is 9.47 Å². The number of rotatable bonds is 8. The molecule has 2 unspecified atom stereocenters. The molecule has 0 bridgehead atoms. The summed E-state index contributed by atoms with van der Waals surface area (Å²) >= 11 is 0. The van der Waals surface area contributed by atoms with Crippen molar-refractivity contribution in [1.29, 1.82) is 0 Å². The minimum Gasteiger partial charge on any atom is -0.494 e. The summed E-state index contributed by atoms with van der Waals surface area (Å²) in [5.74, 6) is 0.520. The van der Waals surface area contributed by atoms with Crippen LogP contribution >= 0.6 is 9.24 Å². The molecule has 2 aromatic rings. The van der Waals surface area contributed by atoms with Crippen molar-refractivity contribution in [3.05, 3.63) is 101 Å². The highest BCUT2D eigenvalue weighted by Gasteiger charge is 2.33. The maximum absolute atomic E-state index is 14.3. The number of carbonyl (C=O) groups is 1. The molecule has 1 aromatic heterocycles. The van der Waals surface area contributed by atoms with Crippen molar-refractivity contribution in [2.45, 2.75) is 32.0 Å². The van der Waals surface area contributed by atoms with E-state index in [-0.39, 0.29) is 35.5 Å². The molecule has 1 aliphatic rings. The zero-order valence-electron chi connectivity index (χ0n) is 20.2. The predicted octanol–water partition coefficient (Wildman–Crippen LogP) is 6.14. The maximum atomic E-state index is 14.3. The van der Waals surface area contributed by atoms with E-state index in [0.29, 0.717) is 23.4 Å². The summed E-state index contributed by atoms with van der Waals surface area (Å²) in [5.41, 5.74) is -2.05. The molecule has 1 aromatic carbocycles. The SMILES string of the molecule is C=CCC(=C)OCC1CN(c2ccccc(-c3ccc(C)cc3C(F)(F)P)[nH]c(=O)c(C)c2)C(=O)O1. The summed E-state index contributed by atoms with van der Waals surface area (Å²) in [6.07, 6.45) is 1.08. The van der Waals surface area contributed by atoms with Gasteiger partial charge < -0.3 is 14.5 Å². The molecule has 1 aliphatic heterocycles. The first kappa shape index (κ1) is 27.1. The van der Waals surface area contributed by atoms with Gasteiger partial charge in [-0.15, -0.1) is 6.58 Å². The first-order valence-electron chi connectivity index (χ1n) is 11.3. The minimum atomic E-state index is -3.18. The number of carbonyl (C=O) groups excluding carboxylic acids is 1. The van der Waals surface area contributed by atoms with Gasteiger partial charge in [-0.25, -0.2) is 4.79 Å². The van der Waals surface area contributed by atoms with E-state index >= 15 is 0 Å². The van der Waals surface area contributed by atoms with Gasteiger partial charge in [-0.1, -0.05) is 51.7 Å². The van der Waals surface area contributed by atoms with Crippen molar-refractivity contribution in [3.63, 3.8) is 0 Å². The van der Waals surface area contributed by atoms with Crippen LogP contribution in [0.25, 0.3) is 11.3 Å². The van der Waals surface area contributed by atoms with Gasteiger partial charge in [0.05, 0.1) is 12.3 Å². The monoisotopic (exact) mass is 514 g/mol. The summed E-state index contributed by atoms with van der Waals surface area (Å²) < 4.78 is 39.5. The second-order valence-electron chi connectivity index (χ2n) is 8.47. The van der Waals surface area contributed by atoms with E-state index in [9.17, 15) is 18.4 Å². The molecule has 6 nitrogen and oxygen atoms in total. The Morgan fingerprint density at radius 1 is 1.25 bits per heavy atom. The van der Waals surface area contributed by atoms with Gasteiger partial charge in [-0.05, 0) is 38.1 Å². The number of aromatic amines is 1. The average Bonchev–Trinajstić information content (AvgIpc) is 3.18. The lowest BCUT2D eigenvalue weighted by molar-refractivity contribution is 0.0767. The molecule has 1 amide bonds. The molecule has 0 radical (unpaired) electrons. The number of halogens is 2. The number of allylic oxidation sites excluding steroid dienone is 1. The number of alkyl halides is 2.